The summed E-state index contributed by atoms with van der Waals surface area (Å²) in [7, 11) is 0. The first-order chi connectivity index (χ1) is 8.70. The van der Waals surface area contributed by atoms with Gasteiger partial charge in [0.15, 0.2) is 0 Å². The number of hydrogen-bond donors (Lipinski definition) is 2. The van der Waals surface area contributed by atoms with E-state index in [1.54, 1.807) is 6.07 Å². The highest BCUT2D eigenvalue weighted by molar-refractivity contribution is 6.33. The lowest BCUT2D eigenvalue weighted by atomic mass is 9.93. The van der Waals surface area contributed by atoms with Gasteiger partial charge in [0.05, 0.1) is 10.6 Å². The van der Waals surface area contributed by atoms with Gasteiger partial charge < -0.3 is 10.6 Å². The van der Waals surface area contributed by atoms with Gasteiger partial charge >= 0.3 is 0 Å². The summed E-state index contributed by atoms with van der Waals surface area (Å²) in [6.45, 7) is 2.91. The van der Waals surface area contributed by atoms with E-state index < -0.39 is 0 Å². The largest absolute Gasteiger partial charge is 0.370 e. The van der Waals surface area contributed by atoms with E-state index >= 15 is 0 Å². The van der Waals surface area contributed by atoms with Gasteiger partial charge in [0.1, 0.15) is 5.82 Å². The van der Waals surface area contributed by atoms with Gasteiger partial charge in [-0.3, -0.25) is 4.79 Å². The SMILES string of the molecule is CCCNc1cc(C(=O)NC2CCC2)c(Cl)cn1. The second-order valence-electron chi connectivity index (χ2n) is 4.58. The molecule has 1 aliphatic carbocycles. The zero-order valence-corrected chi connectivity index (χ0v) is 11.3. The maximum absolute atomic E-state index is 12.0. The van der Waals surface area contributed by atoms with E-state index in [1.807, 2.05) is 0 Å². The number of rotatable bonds is 5. The Labute approximate surface area is 112 Å². The number of nitrogens with one attached hydrogen (secondary N) is 2. The van der Waals surface area contributed by atoms with E-state index in [1.165, 1.54) is 12.6 Å². The third kappa shape index (κ3) is 3.13. The molecule has 98 valence electrons. The highest BCUT2D eigenvalue weighted by atomic mass is 35.5. The first kappa shape index (κ1) is 13.1. The van der Waals surface area contributed by atoms with Crippen LogP contribution in [0.5, 0.6) is 0 Å². The fourth-order valence-electron chi connectivity index (χ4n) is 1.78. The van der Waals surface area contributed by atoms with E-state index in [4.69, 9.17) is 11.6 Å². The predicted octanol–water partition coefficient (Wildman–Crippen LogP) is 2.84. The van der Waals surface area contributed by atoms with Crippen molar-refractivity contribution < 1.29 is 4.79 Å². The minimum atomic E-state index is -0.105. The van der Waals surface area contributed by atoms with Crippen LogP contribution < -0.4 is 10.6 Å². The topological polar surface area (TPSA) is 54.0 Å². The van der Waals surface area contributed by atoms with Crippen LogP contribution in [0.2, 0.25) is 5.02 Å². The normalized spacial score (nSPS) is 15.0. The molecule has 0 bridgehead atoms. The number of halogens is 1. The quantitative estimate of drug-likeness (QED) is 0.863. The number of amides is 1. The summed E-state index contributed by atoms with van der Waals surface area (Å²) in [5.74, 6) is 0.589. The van der Waals surface area contributed by atoms with Gasteiger partial charge in [-0.15, -0.1) is 0 Å². The van der Waals surface area contributed by atoms with Crippen LogP contribution in [0.3, 0.4) is 0 Å². The number of aromatic nitrogens is 1. The van der Waals surface area contributed by atoms with Crippen molar-refractivity contribution in [3.05, 3.63) is 22.8 Å². The Balaban J connectivity index is 2.06. The second-order valence-corrected chi connectivity index (χ2v) is 4.98. The zero-order valence-electron chi connectivity index (χ0n) is 10.5. The maximum Gasteiger partial charge on any atom is 0.253 e. The van der Waals surface area contributed by atoms with Crippen LogP contribution in [-0.4, -0.2) is 23.5 Å². The molecule has 0 saturated heterocycles. The molecule has 0 aromatic carbocycles. The molecule has 0 atom stereocenters. The third-order valence-electron chi connectivity index (χ3n) is 3.10. The molecular formula is C13H18ClN3O. The van der Waals surface area contributed by atoms with Gasteiger partial charge in [0.2, 0.25) is 0 Å². The third-order valence-corrected chi connectivity index (χ3v) is 3.40. The van der Waals surface area contributed by atoms with Crippen molar-refractivity contribution >= 4 is 23.3 Å². The monoisotopic (exact) mass is 267 g/mol. The average Bonchev–Trinajstić information content (AvgIpc) is 2.32. The fourth-order valence-corrected chi connectivity index (χ4v) is 1.97. The first-order valence-electron chi connectivity index (χ1n) is 6.41. The van der Waals surface area contributed by atoms with Gasteiger partial charge in [0, 0.05) is 18.8 Å². The Morgan fingerprint density at radius 2 is 2.33 bits per heavy atom. The molecule has 1 amide bonds. The minimum Gasteiger partial charge on any atom is -0.370 e. The Kier molecular flexibility index (Phi) is 4.42. The van der Waals surface area contributed by atoms with Gasteiger partial charge in [0.25, 0.3) is 5.91 Å². The molecule has 1 aromatic rings. The molecule has 5 heteroatoms. The van der Waals surface area contributed by atoms with Crippen LogP contribution in [0, 0.1) is 0 Å². The smallest absolute Gasteiger partial charge is 0.253 e. The summed E-state index contributed by atoms with van der Waals surface area (Å²) in [6, 6.07) is 2.03. The van der Waals surface area contributed by atoms with Crippen LogP contribution >= 0.6 is 11.6 Å². The van der Waals surface area contributed by atoms with Crippen LogP contribution in [-0.2, 0) is 0 Å². The number of carbonyl (C=O) groups is 1. The summed E-state index contributed by atoms with van der Waals surface area (Å²) >= 11 is 6.02. The number of anilines is 1. The highest BCUT2D eigenvalue weighted by Gasteiger charge is 2.21. The lowest BCUT2D eigenvalue weighted by Gasteiger charge is -2.26. The van der Waals surface area contributed by atoms with Crippen LogP contribution in [0.1, 0.15) is 43.0 Å². The summed E-state index contributed by atoms with van der Waals surface area (Å²) in [4.78, 5) is 16.2. The van der Waals surface area contributed by atoms with Crippen molar-refractivity contribution in [2.24, 2.45) is 0 Å². The molecule has 1 aliphatic rings. The molecule has 0 radical (unpaired) electrons. The molecule has 2 rings (SSSR count). The van der Waals surface area contributed by atoms with Crippen LogP contribution in [0.15, 0.2) is 12.3 Å². The van der Waals surface area contributed by atoms with Crippen molar-refractivity contribution in [2.75, 3.05) is 11.9 Å². The van der Waals surface area contributed by atoms with Crippen molar-refractivity contribution in [3.8, 4) is 0 Å². The van der Waals surface area contributed by atoms with Crippen LogP contribution in [0.25, 0.3) is 0 Å². The minimum absolute atomic E-state index is 0.105. The van der Waals surface area contributed by atoms with E-state index in [9.17, 15) is 4.79 Å². The van der Waals surface area contributed by atoms with E-state index in [0.29, 0.717) is 22.4 Å². The summed E-state index contributed by atoms with van der Waals surface area (Å²) in [5.41, 5.74) is 0.497. The molecule has 4 nitrogen and oxygen atoms in total. The number of pyridine rings is 1. The molecular weight excluding hydrogens is 250 g/mol. The first-order valence-corrected chi connectivity index (χ1v) is 6.78. The summed E-state index contributed by atoms with van der Waals surface area (Å²) < 4.78 is 0. The Bertz CT molecular complexity index is 432. The van der Waals surface area contributed by atoms with E-state index in [-0.39, 0.29) is 5.91 Å². The van der Waals surface area contributed by atoms with Gasteiger partial charge in [-0.05, 0) is 31.7 Å². The molecule has 2 N–H and O–H groups in total. The van der Waals surface area contributed by atoms with Crippen LogP contribution in [0.4, 0.5) is 5.82 Å². The van der Waals surface area contributed by atoms with Gasteiger partial charge in [-0.1, -0.05) is 18.5 Å². The Morgan fingerprint density at radius 3 is 2.94 bits per heavy atom. The molecule has 0 aliphatic heterocycles. The van der Waals surface area contributed by atoms with E-state index in [2.05, 4.69) is 22.5 Å². The zero-order chi connectivity index (χ0) is 13.0. The standard InChI is InChI=1S/C13H18ClN3O/c1-2-6-15-12-7-10(11(14)8-16-12)13(18)17-9-4-3-5-9/h7-9H,2-6H2,1H3,(H,15,16)(H,17,18). The molecule has 0 unspecified atom stereocenters. The van der Waals surface area contributed by atoms with Gasteiger partial charge in [-0.2, -0.15) is 0 Å². The molecule has 18 heavy (non-hydrogen) atoms. The van der Waals surface area contributed by atoms with Crippen molar-refractivity contribution in [1.29, 1.82) is 0 Å². The van der Waals surface area contributed by atoms with Crippen molar-refractivity contribution in [1.82, 2.24) is 10.3 Å². The highest BCUT2D eigenvalue weighted by Crippen LogP contribution is 2.21. The van der Waals surface area contributed by atoms with E-state index in [0.717, 1.165) is 25.8 Å². The summed E-state index contributed by atoms with van der Waals surface area (Å²) in [5, 5.41) is 6.52. The summed E-state index contributed by atoms with van der Waals surface area (Å²) in [6.07, 6.45) is 5.85. The fraction of sp³-hybridized carbons (Fsp3) is 0.538. The number of carbonyl (C=O) groups excluding carboxylic acids is 1. The average molecular weight is 268 g/mol. The lowest BCUT2D eigenvalue weighted by Crippen LogP contribution is -2.39. The molecule has 0 spiro atoms. The molecule has 1 fully saturated rings. The number of nitrogens with zero attached hydrogens (tertiary/aromatic N) is 1. The maximum atomic E-state index is 12.0. The molecule has 1 heterocycles. The predicted molar refractivity (Wildman–Crippen MR) is 73.1 cm³/mol. The second kappa shape index (κ2) is 6.05. The van der Waals surface area contributed by atoms with Gasteiger partial charge in [-0.25, -0.2) is 4.98 Å². The molecule has 1 aromatic heterocycles. The Hall–Kier alpha value is -1.29. The lowest BCUT2D eigenvalue weighted by molar-refractivity contribution is 0.0917. The van der Waals surface area contributed by atoms with Crippen molar-refractivity contribution in [3.63, 3.8) is 0 Å². The Morgan fingerprint density at radius 1 is 1.56 bits per heavy atom. The molecule has 1 saturated carbocycles. The number of hydrogen-bond acceptors (Lipinski definition) is 3. The van der Waals surface area contributed by atoms with Crippen molar-refractivity contribution in [2.45, 2.75) is 38.6 Å².